The van der Waals surface area contributed by atoms with E-state index in [-0.39, 0.29) is 11.9 Å². The van der Waals surface area contributed by atoms with Crippen LogP contribution in [0.2, 0.25) is 0 Å². The zero-order valence-corrected chi connectivity index (χ0v) is 16.9. The van der Waals surface area contributed by atoms with Gasteiger partial charge in [-0.2, -0.15) is 0 Å². The van der Waals surface area contributed by atoms with E-state index in [0.717, 1.165) is 55.7 Å². The Morgan fingerprint density at radius 2 is 1.79 bits per heavy atom. The van der Waals surface area contributed by atoms with Crippen molar-refractivity contribution in [1.29, 1.82) is 0 Å². The first-order chi connectivity index (χ1) is 14.1. The summed E-state index contributed by atoms with van der Waals surface area (Å²) in [6.07, 6.45) is 0. The first kappa shape index (κ1) is 19.5. The highest BCUT2D eigenvalue weighted by atomic mass is 16.7. The number of benzene rings is 2. The second kappa shape index (κ2) is 8.71. The second-order valence-electron chi connectivity index (χ2n) is 7.39. The Morgan fingerprint density at radius 1 is 1.07 bits per heavy atom. The summed E-state index contributed by atoms with van der Waals surface area (Å²) in [5.74, 6) is 2.43. The summed E-state index contributed by atoms with van der Waals surface area (Å²) in [5.41, 5.74) is 2.00. The first-order valence-electron chi connectivity index (χ1n) is 9.92. The van der Waals surface area contributed by atoms with Gasteiger partial charge in [0, 0.05) is 38.4 Å². The number of anilines is 1. The number of fused-ring (bicyclic) bond motifs is 1. The summed E-state index contributed by atoms with van der Waals surface area (Å²) >= 11 is 0. The molecule has 0 aromatic heterocycles. The van der Waals surface area contributed by atoms with Gasteiger partial charge < -0.3 is 19.5 Å². The van der Waals surface area contributed by atoms with Crippen molar-refractivity contribution in [3.63, 3.8) is 0 Å². The maximum Gasteiger partial charge on any atom is 0.241 e. The van der Waals surface area contributed by atoms with Crippen LogP contribution in [-0.2, 0) is 11.3 Å². The summed E-state index contributed by atoms with van der Waals surface area (Å²) in [6, 6.07) is 13.3. The van der Waals surface area contributed by atoms with Crippen LogP contribution in [0.4, 0.5) is 5.69 Å². The fourth-order valence-corrected chi connectivity index (χ4v) is 3.69. The number of piperazine rings is 1. The molecule has 2 aliphatic rings. The minimum atomic E-state index is -0.176. The molecule has 0 bridgehead atoms. The average Bonchev–Trinajstić information content (AvgIpc) is 3.22. The molecule has 7 nitrogen and oxygen atoms in total. The molecular weight excluding hydrogens is 370 g/mol. The molecule has 1 amide bonds. The van der Waals surface area contributed by atoms with Crippen molar-refractivity contribution in [2.24, 2.45) is 0 Å². The Labute approximate surface area is 171 Å². The highest BCUT2D eigenvalue weighted by molar-refractivity contribution is 5.94. The van der Waals surface area contributed by atoms with Crippen LogP contribution >= 0.6 is 0 Å². The van der Waals surface area contributed by atoms with E-state index in [1.54, 1.807) is 7.11 Å². The van der Waals surface area contributed by atoms with Crippen LogP contribution in [0.25, 0.3) is 0 Å². The Hall–Kier alpha value is -2.77. The van der Waals surface area contributed by atoms with Gasteiger partial charge in [0.05, 0.1) is 13.2 Å². The average molecular weight is 397 g/mol. The minimum Gasteiger partial charge on any atom is -0.497 e. The molecule has 0 aliphatic carbocycles. The quantitative estimate of drug-likeness (QED) is 0.808. The molecule has 0 spiro atoms. The highest BCUT2D eigenvalue weighted by Crippen LogP contribution is 2.32. The number of hydrogen-bond donors (Lipinski definition) is 1. The van der Waals surface area contributed by atoms with Gasteiger partial charge >= 0.3 is 0 Å². The van der Waals surface area contributed by atoms with E-state index < -0.39 is 0 Å². The Bertz CT molecular complexity index is 848. The Kier molecular flexibility index (Phi) is 5.87. The maximum atomic E-state index is 12.6. The van der Waals surface area contributed by atoms with Gasteiger partial charge in [0.25, 0.3) is 0 Å². The number of carbonyl (C=O) groups is 1. The lowest BCUT2D eigenvalue weighted by atomic mass is 10.1. The van der Waals surface area contributed by atoms with Crippen molar-refractivity contribution < 1.29 is 19.0 Å². The molecule has 1 saturated heterocycles. The largest absolute Gasteiger partial charge is 0.497 e. The van der Waals surface area contributed by atoms with E-state index in [0.29, 0.717) is 6.79 Å². The molecule has 1 N–H and O–H groups in total. The molecule has 4 rings (SSSR count). The number of rotatable bonds is 6. The number of methoxy groups -OCH3 is 1. The Morgan fingerprint density at radius 3 is 2.52 bits per heavy atom. The lowest BCUT2D eigenvalue weighted by Crippen LogP contribution is -2.52. The third kappa shape index (κ3) is 4.63. The van der Waals surface area contributed by atoms with Crippen LogP contribution in [0.3, 0.4) is 0 Å². The topological polar surface area (TPSA) is 63.3 Å². The normalized spacial score (nSPS) is 17.7. The molecule has 1 fully saturated rings. The first-order valence-corrected chi connectivity index (χ1v) is 9.92. The van der Waals surface area contributed by atoms with Gasteiger partial charge in [-0.25, -0.2) is 0 Å². The zero-order valence-electron chi connectivity index (χ0n) is 16.9. The molecule has 0 radical (unpaired) electrons. The molecule has 154 valence electrons. The molecule has 29 heavy (non-hydrogen) atoms. The molecule has 2 aromatic rings. The summed E-state index contributed by atoms with van der Waals surface area (Å²) < 4.78 is 16.0. The molecule has 0 saturated carbocycles. The van der Waals surface area contributed by atoms with E-state index in [4.69, 9.17) is 14.2 Å². The van der Waals surface area contributed by atoms with Crippen LogP contribution in [0.5, 0.6) is 17.2 Å². The number of hydrogen-bond acceptors (Lipinski definition) is 6. The molecule has 2 aliphatic heterocycles. The smallest absolute Gasteiger partial charge is 0.241 e. The zero-order chi connectivity index (χ0) is 20.2. The Balaban J connectivity index is 1.26. The fourth-order valence-electron chi connectivity index (χ4n) is 3.69. The van der Waals surface area contributed by atoms with Crippen molar-refractivity contribution in [3.05, 3.63) is 48.0 Å². The van der Waals surface area contributed by atoms with Crippen LogP contribution < -0.4 is 19.5 Å². The summed E-state index contributed by atoms with van der Waals surface area (Å²) in [4.78, 5) is 17.3. The molecule has 7 heteroatoms. The number of amides is 1. The molecule has 2 aromatic carbocycles. The molecule has 1 atom stereocenters. The van der Waals surface area contributed by atoms with Gasteiger partial charge in [0.15, 0.2) is 11.5 Å². The van der Waals surface area contributed by atoms with Gasteiger partial charge in [-0.15, -0.1) is 0 Å². The van der Waals surface area contributed by atoms with Crippen molar-refractivity contribution in [3.8, 4) is 17.2 Å². The SMILES string of the molecule is COc1ccc(NC(=O)[C@@H](C)N2CCN(Cc3ccc4c(c3)OCO4)CC2)cc1. The van der Waals surface area contributed by atoms with Gasteiger partial charge in [0.2, 0.25) is 12.7 Å². The van der Waals surface area contributed by atoms with Gasteiger partial charge in [-0.05, 0) is 48.9 Å². The number of nitrogens with zero attached hydrogens (tertiary/aromatic N) is 2. The highest BCUT2D eigenvalue weighted by Gasteiger charge is 2.26. The third-order valence-corrected chi connectivity index (χ3v) is 5.53. The second-order valence-corrected chi connectivity index (χ2v) is 7.39. The van der Waals surface area contributed by atoms with Crippen molar-refractivity contribution in [1.82, 2.24) is 9.80 Å². The maximum absolute atomic E-state index is 12.6. The van der Waals surface area contributed by atoms with Gasteiger partial charge in [-0.1, -0.05) is 6.07 Å². The van der Waals surface area contributed by atoms with Gasteiger partial charge in [-0.3, -0.25) is 14.6 Å². The minimum absolute atomic E-state index is 0.0133. The van der Waals surface area contributed by atoms with Crippen LogP contribution in [0, 0.1) is 0 Å². The van der Waals surface area contributed by atoms with Gasteiger partial charge in [0.1, 0.15) is 5.75 Å². The van der Waals surface area contributed by atoms with E-state index in [9.17, 15) is 4.79 Å². The summed E-state index contributed by atoms with van der Waals surface area (Å²) in [6.45, 7) is 6.71. The van der Waals surface area contributed by atoms with Crippen molar-refractivity contribution in [2.75, 3.05) is 45.4 Å². The predicted octanol–water partition coefficient (Wildman–Crippen LogP) is 2.57. The van der Waals surface area contributed by atoms with Crippen LogP contribution in [-0.4, -0.2) is 61.8 Å². The number of carbonyl (C=O) groups excluding carboxylic acids is 1. The molecule has 2 heterocycles. The fraction of sp³-hybridized carbons (Fsp3) is 0.409. The lowest BCUT2D eigenvalue weighted by molar-refractivity contribution is -0.121. The third-order valence-electron chi connectivity index (χ3n) is 5.53. The van der Waals surface area contributed by atoms with E-state index >= 15 is 0 Å². The van der Waals surface area contributed by atoms with Crippen molar-refractivity contribution >= 4 is 11.6 Å². The van der Waals surface area contributed by atoms with Crippen molar-refractivity contribution in [2.45, 2.75) is 19.5 Å². The van der Waals surface area contributed by atoms with E-state index in [2.05, 4.69) is 27.2 Å². The van der Waals surface area contributed by atoms with E-state index in [1.807, 2.05) is 37.3 Å². The monoisotopic (exact) mass is 397 g/mol. The van der Waals surface area contributed by atoms with E-state index in [1.165, 1.54) is 5.56 Å². The standard InChI is InChI=1S/C22H27N3O4/c1-16(22(26)23-18-4-6-19(27-2)7-5-18)25-11-9-24(10-12-25)14-17-3-8-20-21(13-17)29-15-28-20/h3-8,13,16H,9-12,14-15H2,1-2H3,(H,23,26)/t16-/m1/s1. The molecule has 0 unspecified atom stereocenters. The van der Waals surface area contributed by atoms with Crippen LogP contribution in [0.1, 0.15) is 12.5 Å². The molecular formula is C22H27N3O4. The number of nitrogens with one attached hydrogen (secondary N) is 1. The summed E-state index contributed by atoms with van der Waals surface area (Å²) in [7, 11) is 1.63. The predicted molar refractivity (Wildman–Crippen MR) is 111 cm³/mol. The number of ether oxygens (including phenoxy) is 3. The lowest BCUT2D eigenvalue weighted by Gasteiger charge is -2.37. The summed E-state index contributed by atoms with van der Waals surface area (Å²) in [5, 5.41) is 2.99. The van der Waals surface area contributed by atoms with Crippen LogP contribution in [0.15, 0.2) is 42.5 Å².